The summed E-state index contributed by atoms with van der Waals surface area (Å²) < 4.78 is 0. The molecule has 0 unspecified atom stereocenters. The third kappa shape index (κ3) is 7.16. The third-order valence-electron chi connectivity index (χ3n) is 5.60. The Balaban J connectivity index is 0.000000260. The number of hydrogen-bond acceptors (Lipinski definition) is 6. The molecule has 38 heavy (non-hydrogen) atoms. The maximum Gasteiger partial charge on any atom is 1.00 e. The van der Waals surface area contributed by atoms with Crippen molar-refractivity contribution in [1.82, 2.24) is 0 Å². The van der Waals surface area contributed by atoms with Crippen LogP contribution in [0.4, 0.5) is 11.4 Å². The molecule has 0 atom stereocenters. The smallest absolute Gasteiger partial charge is 0.545 e. The normalized spacial score (nSPS) is 12.0. The van der Waals surface area contributed by atoms with Crippen LogP contribution in [0.1, 0.15) is 52.1 Å². The van der Waals surface area contributed by atoms with E-state index in [2.05, 4.69) is 5.32 Å². The van der Waals surface area contributed by atoms with E-state index in [0.29, 0.717) is 27.0 Å². The molecule has 3 aromatic rings. The van der Waals surface area contributed by atoms with Crippen LogP contribution in [0.2, 0.25) is 10.0 Å². The first-order valence-corrected chi connectivity index (χ1v) is 12.0. The molecule has 0 heterocycles. The number of anilines is 2. The maximum absolute atomic E-state index is 11.9. The standard InChI is InChI=1S/C15H14O3.C14H11Cl2NO2.Na/c1-9(2)7-8-12-13(16)10-5-3-4-6-11(10)14(17)15(12)18;1-8-6-7-10(15)13(12(8)16)17-11-5-3-2-4-9(11)14(18)19;/h3-7,16H,8H2,1-2H3;2-7,17H,1H3,(H,18,19);/q;;+1/p-1. The minimum Gasteiger partial charge on any atom is -0.545 e. The molecule has 0 amide bonds. The Morgan fingerprint density at radius 3 is 2.18 bits per heavy atom. The van der Waals surface area contributed by atoms with Crippen LogP contribution >= 0.6 is 23.2 Å². The summed E-state index contributed by atoms with van der Waals surface area (Å²) in [5.74, 6) is -2.49. The fourth-order valence-corrected chi connectivity index (χ4v) is 4.05. The number of Topliss-reactive ketones (excluding diaryl/α,β-unsaturated/α-hetero) is 2. The summed E-state index contributed by atoms with van der Waals surface area (Å²) in [6.45, 7) is 5.65. The number of carboxylic acid groups (broad SMARTS) is 1. The second-order valence-electron chi connectivity index (χ2n) is 8.53. The first kappa shape index (κ1) is 31.3. The SMILES string of the molecule is CC(C)=CCC1=C(O)c2ccccc2C(=O)C1=O.Cc1ccc(Cl)c(Nc2ccccc2C(=O)[O-])c1Cl.[Na+]. The van der Waals surface area contributed by atoms with Gasteiger partial charge in [-0.05, 0) is 44.9 Å². The number of rotatable bonds is 5. The Morgan fingerprint density at radius 1 is 0.947 bits per heavy atom. The van der Waals surface area contributed by atoms with Crippen molar-refractivity contribution < 1.29 is 54.2 Å². The molecule has 9 heteroatoms. The molecule has 6 nitrogen and oxygen atoms in total. The molecule has 0 aromatic heterocycles. The van der Waals surface area contributed by atoms with Gasteiger partial charge in [0.25, 0.3) is 0 Å². The molecule has 0 fully saturated rings. The summed E-state index contributed by atoms with van der Waals surface area (Å²) in [5.41, 5.74) is 3.71. The molecule has 3 aromatic carbocycles. The van der Waals surface area contributed by atoms with Gasteiger partial charge in [0.2, 0.25) is 11.6 Å². The number of nitrogens with one attached hydrogen (secondary N) is 1. The number of carbonyl (C=O) groups is 3. The van der Waals surface area contributed by atoms with E-state index in [-0.39, 0.29) is 58.4 Å². The van der Waals surface area contributed by atoms with Crippen LogP contribution in [0.25, 0.3) is 5.76 Å². The summed E-state index contributed by atoms with van der Waals surface area (Å²) in [4.78, 5) is 34.8. The van der Waals surface area contributed by atoms with Gasteiger partial charge in [-0.2, -0.15) is 0 Å². The molecule has 0 bridgehead atoms. The first-order valence-electron chi connectivity index (χ1n) is 11.3. The number of ketones is 2. The van der Waals surface area contributed by atoms with E-state index in [1.54, 1.807) is 54.6 Å². The molecule has 1 aliphatic carbocycles. The van der Waals surface area contributed by atoms with Gasteiger partial charge in [0, 0.05) is 28.0 Å². The summed E-state index contributed by atoms with van der Waals surface area (Å²) in [6, 6.07) is 16.5. The number of benzene rings is 3. The van der Waals surface area contributed by atoms with Crippen molar-refractivity contribution in [1.29, 1.82) is 0 Å². The summed E-state index contributed by atoms with van der Waals surface area (Å²) in [5, 5.41) is 25.0. The number of aromatic carboxylic acids is 1. The third-order valence-corrected chi connectivity index (χ3v) is 6.40. The number of carbonyl (C=O) groups excluding carboxylic acids is 3. The Kier molecular flexibility index (Phi) is 11.4. The Labute approximate surface area is 253 Å². The number of para-hydroxylation sites is 1. The van der Waals surface area contributed by atoms with Crippen molar-refractivity contribution in [3.8, 4) is 0 Å². The Bertz CT molecular complexity index is 1460. The topological polar surface area (TPSA) is 107 Å². The van der Waals surface area contributed by atoms with Gasteiger partial charge in [-0.25, -0.2) is 0 Å². The molecule has 0 radical (unpaired) electrons. The number of allylic oxidation sites excluding steroid dienone is 3. The minimum atomic E-state index is -1.26. The number of aryl methyl sites for hydroxylation is 1. The second kappa shape index (κ2) is 13.8. The van der Waals surface area contributed by atoms with Gasteiger partial charge in [0.05, 0.1) is 21.7 Å². The van der Waals surface area contributed by atoms with Gasteiger partial charge in [0.15, 0.2) is 0 Å². The van der Waals surface area contributed by atoms with Crippen LogP contribution in [0.15, 0.2) is 77.9 Å². The average molecular weight is 560 g/mol. The van der Waals surface area contributed by atoms with Crippen LogP contribution in [0.5, 0.6) is 0 Å². The number of aliphatic hydroxyl groups is 1. The summed E-state index contributed by atoms with van der Waals surface area (Å²) >= 11 is 12.2. The second-order valence-corrected chi connectivity index (χ2v) is 9.31. The first-order chi connectivity index (χ1) is 17.5. The van der Waals surface area contributed by atoms with Gasteiger partial charge < -0.3 is 20.3 Å². The molecule has 0 aliphatic heterocycles. The maximum atomic E-state index is 11.9. The number of carboxylic acids is 1. The predicted molar refractivity (Wildman–Crippen MR) is 145 cm³/mol. The van der Waals surface area contributed by atoms with E-state index in [9.17, 15) is 24.6 Å². The van der Waals surface area contributed by atoms with Gasteiger partial charge >= 0.3 is 29.6 Å². The van der Waals surface area contributed by atoms with Crippen molar-refractivity contribution >= 4 is 57.9 Å². The molecule has 4 rings (SSSR count). The Morgan fingerprint density at radius 2 is 1.55 bits per heavy atom. The van der Waals surface area contributed by atoms with Gasteiger partial charge in [-0.15, -0.1) is 0 Å². The van der Waals surface area contributed by atoms with Crippen LogP contribution in [0.3, 0.4) is 0 Å². The molecular weight excluding hydrogens is 536 g/mol. The largest absolute Gasteiger partial charge is 1.00 e. The molecule has 1 aliphatic rings. The van der Waals surface area contributed by atoms with E-state index < -0.39 is 17.5 Å². The monoisotopic (exact) mass is 559 g/mol. The fraction of sp³-hybridized carbons (Fsp3) is 0.138. The summed E-state index contributed by atoms with van der Waals surface area (Å²) in [6.07, 6.45) is 2.11. The van der Waals surface area contributed by atoms with Crippen LogP contribution in [-0.4, -0.2) is 22.6 Å². The van der Waals surface area contributed by atoms with Crippen LogP contribution < -0.4 is 40.0 Å². The van der Waals surface area contributed by atoms with Crippen molar-refractivity contribution in [2.24, 2.45) is 0 Å². The van der Waals surface area contributed by atoms with Crippen molar-refractivity contribution in [3.05, 3.63) is 110 Å². The zero-order chi connectivity index (χ0) is 27.3. The fourth-order valence-electron chi connectivity index (χ4n) is 3.59. The van der Waals surface area contributed by atoms with Gasteiger partial charge in [-0.1, -0.05) is 83.4 Å². The number of aliphatic hydroxyl groups excluding tert-OH is 1. The zero-order valence-corrected chi connectivity index (χ0v) is 24.9. The van der Waals surface area contributed by atoms with E-state index >= 15 is 0 Å². The van der Waals surface area contributed by atoms with E-state index in [4.69, 9.17) is 23.2 Å². The van der Waals surface area contributed by atoms with Crippen molar-refractivity contribution in [2.45, 2.75) is 27.2 Å². The molecule has 0 spiro atoms. The van der Waals surface area contributed by atoms with Crippen LogP contribution in [0, 0.1) is 6.92 Å². The van der Waals surface area contributed by atoms with Crippen molar-refractivity contribution in [3.63, 3.8) is 0 Å². The van der Waals surface area contributed by atoms with Gasteiger partial charge in [0.1, 0.15) is 5.76 Å². The predicted octanol–water partition coefficient (Wildman–Crippen LogP) is 3.49. The molecule has 0 saturated heterocycles. The Hall–Kier alpha value is -2.87. The van der Waals surface area contributed by atoms with E-state index in [0.717, 1.165) is 11.1 Å². The van der Waals surface area contributed by atoms with Crippen molar-refractivity contribution in [2.75, 3.05) is 5.32 Å². The minimum absolute atomic E-state index is 0. The number of fused-ring (bicyclic) bond motifs is 1. The van der Waals surface area contributed by atoms with Gasteiger partial charge in [-0.3, -0.25) is 9.59 Å². The van der Waals surface area contributed by atoms with Crippen LogP contribution in [-0.2, 0) is 4.79 Å². The number of hydrogen-bond donors (Lipinski definition) is 2. The average Bonchev–Trinajstić information content (AvgIpc) is 2.88. The quantitative estimate of drug-likeness (QED) is 0.281. The number of halogens is 2. The summed E-state index contributed by atoms with van der Waals surface area (Å²) in [7, 11) is 0. The zero-order valence-electron chi connectivity index (χ0n) is 21.4. The molecular formula is C29H24Cl2NNaO5. The molecule has 2 N–H and O–H groups in total. The molecule has 190 valence electrons. The van der Waals surface area contributed by atoms with E-state index in [1.807, 2.05) is 26.8 Å². The molecule has 0 saturated carbocycles. The van der Waals surface area contributed by atoms with E-state index in [1.165, 1.54) is 6.07 Å².